The van der Waals surface area contributed by atoms with Crippen LogP contribution < -0.4 is 5.32 Å². The highest BCUT2D eigenvalue weighted by molar-refractivity contribution is 8.06. The molecule has 0 aliphatic carbocycles. The lowest BCUT2D eigenvalue weighted by molar-refractivity contribution is 0.675. The summed E-state index contributed by atoms with van der Waals surface area (Å²) in [5.41, 5.74) is 1.20. The van der Waals surface area contributed by atoms with Crippen molar-refractivity contribution >= 4 is 34.9 Å². The van der Waals surface area contributed by atoms with E-state index in [2.05, 4.69) is 46.1 Å². The molecule has 0 saturated carbocycles. The quantitative estimate of drug-likeness (QED) is 0.892. The Labute approximate surface area is 110 Å². The van der Waals surface area contributed by atoms with Crippen molar-refractivity contribution < 1.29 is 0 Å². The molecule has 1 aromatic rings. The van der Waals surface area contributed by atoms with Crippen LogP contribution in [0.4, 0.5) is 0 Å². The van der Waals surface area contributed by atoms with Gasteiger partial charge in [-0.3, -0.25) is 0 Å². The Hall–Kier alpha value is 0.290. The van der Waals surface area contributed by atoms with E-state index in [1.165, 1.54) is 28.0 Å². The third-order valence-corrected chi connectivity index (χ3v) is 6.35. The molecule has 90 valence electrons. The van der Waals surface area contributed by atoms with Crippen LogP contribution in [0.3, 0.4) is 0 Å². The van der Waals surface area contributed by atoms with Gasteiger partial charge in [0.2, 0.25) is 0 Å². The Morgan fingerprint density at radius 2 is 2.44 bits per heavy atom. The summed E-state index contributed by atoms with van der Waals surface area (Å²) >= 11 is 5.96. The highest BCUT2D eigenvalue weighted by Gasteiger charge is 2.13. The Bertz CT molecular complexity index is 308. The first-order valence-electron chi connectivity index (χ1n) is 5.72. The molecule has 0 aromatic carbocycles. The number of nitrogens with zero attached hydrogens (tertiary/aromatic N) is 1. The Balaban J connectivity index is 1.66. The molecule has 1 atom stereocenters. The lowest BCUT2D eigenvalue weighted by Gasteiger charge is -2.20. The van der Waals surface area contributed by atoms with Crippen LogP contribution in [0.2, 0.25) is 0 Å². The van der Waals surface area contributed by atoms with Gasteiger partial charge in [0, 0.05) is 41.0 Å². The molecule has 5 heteroatoms. The molecule has 2 rings (SSSR count). The zero-order valence-corrected chi connectivity index (χ0v) is 12.0. The van der Waals surface area contributed by atoms with Crippen molar-refractivity contribution in [2.24, 2.45) is 0 Å². The van der Waals surface area contributed by atoms with Crippen molar-refractivity contribution in [3.05, 3.63) is 16.1 Å². The summed E-state index contributed by atoms with van der Waals surface area (Å²) in [6, 6.07) is 0. The molecular weight excluding hydrogens is 256 g/mol. The van der Waals surface area contributed by atoms with Gasteiger partial charge in [0.05, 0.1) is 10.7 Å². The van der Waals surface area contributed by atoms with Crippen LogP contribution in [0.25, 0.3) is 0 Å². The van der Waals surface area contributed by atoms with Gasteiger partial charge in [-0.2, -0.15) is 23.5 Å². The predicted octanol–water partition coefficient (Wildman–Crippen LogP) is 2.64. The highest BCUT2D eigenvalue weighted by atomic mass is 32.2. The zero-order chi connectivity index (χ0) is 11.2. The average molecular weight is 274 g/mol. The second kappa shape index (κ2) is 6.89. The van der Waals surface area contributed by atoms with E-state index in [9.17, 15) is 0 Å². The highest BCUT2D eigenvalue weighted by Crippen LogP contribution is 2.23. The van der Waals surface area contributed by atoms with Crippen LogP contribution in [0.1, 0.15) is 17.6 Å². The fourth-order valence-electron chi connectivity index (χ4n) is 1.61. The molecule has 0 bridgehead atoms. The molecule has 16 heavy (non-hydrogen) atoms. The summed E-state index contributed by atoms with van der Waals surface area (Å²) in [6.07, 6.45) is 1.06. The van der Waals surface area contributed by atoms with Crippen LogP contribution >= 0.6 is 34.9 Å². The number of thioether (sulfide) groups is 2. The number of nitrogens with one attached hydrogen (secondary N) is 1. The van der Waals surface area contributed by atoms with Gasteiger partial charge in [-0.25, -0.2) is 4.98 Å². The van der Waals surface area contributed by atoms with Crippen molar-refractivity contribution in [1.82, 2.24) is 10.3 Å². The first-order chi connectivity index (χ1) is 7.88. The van der Waals surface area contributed by atoms with Crippen molar-refractivity contribution in [3.63, 3.8) is 0 Å². The number of aryl methyl sites for hydroxylation is 1. The van der Waals surface area contributed by atoms with E-state index in [0.29, 0.717) is 0 Å². The predicted molar refractivity (Wildman–Crippen MR) is 76.8 cm³/mol. The lowest BCUT2D eigenvalue weighted by atomic mass is 10.4. The fraction of sp³-hybridized carbons (Fsp3) is 0.727. The molecule has 1 aliphatic rings. The van der Waals surface area contributed by atoms with Crippen molar-refractivity contribution in [3.8, 4) is 0 Å². The summed E-state index contributed by atoms with van der Waals surface area (Å²) < 4.78 is 0. The van der Waals surface area contributed by atoms with E-state index in [-0.39, 0.29) is 0 Å². The molecule has 1 N–H and O–H groups in total. The van der Waals surface area contributed by atoms with Gasteiger partial charge in [0.15, 0.2) is 0 Å². The van der Waals surface area contributed by atoms with E-state index < -0.39 is 0 Å². The number of rotatable bonds is 5. The molecule has 0 amide bonds. The second-order valence-electron chi connectivity index (χ2n) is 3.78. The fourth-order valence-corrected chi connectivity index (χ4v) is 5.00. The normalized spacial score (nSPS) is 21.2. The SMILES string of the molecule is CCc1nc(CNC[C@H]2CSCCS2)cs1. The minimum absolute atomic E-state index is 0.794. The summed E-state index contributed by atoms with van der Waals surface area (Å²) in [6.45, 7) is 4.21. The molecule has 0 unspecified atom stereocenters. The van der Waals surface area contributed by atoms with Crippen LogP contribution in [0, 0.1) is 0 Å². The standard InChI is InChI=1S/C11H18N2S3/c1-2-11-13-9(7-16-11)5-12-6-10-8-14-3-4-15-10/h7,10,12H,2-6,8H2,1H3/t10-/m0/s1. The Kier molecular flexibility index (Phi) is 5.48. The molecule has 2 heterocycles. The average Bonchev–Trinajstić information content (AvgIpc) is 2.78. The number of thiazole rings is 1. The lowest BCUT2D eigenvalue weighted by Crippen LogP contribution is -2.28. The van der Waals surface area contributed by atoms with Crippen molar-refractivity contribution in [1.29, 1.82) is 0 Å². The Morgan fingerprint density at radius 3 is 3.12 bits per heavy atom. The van der Waals surface area contributed by atoms with Crippen LogP contribution in [-0.2, 0) is 13.0 Å². The van der Waals surface area contributed by atoms with Gasteiger partial charge in [0.25, 0.3) is 0 Å². The maximum atomic E-state index is 4.56. The number of aromatic nitrogens is 1. The maximum Gasteiger partial charge on any atom is 0.0926 e. The van der Waals surface area contributed by atoms with Crippen molar-refractivity contribution in [2.75, 3.05) is 23.8 Å². The molecule has 1 aromatic heterocycles. The monoisotopic (exact) mass is 274 g/mol. The summed E-state index contributed by atoms with van der Waals surface area (Å²) in [4.78, 5) is 4.56. The Morgan fingerprint density at radius 1 is 1.50 bits per heavy atom. The van der Waals surface area contributed by atoms with Crippen LogP contribution in [0.5, 0.6) is 0 Å². The summed E-state index contributed by atoms with van der Waals surface area (Å²) in [7, 11) is 0. The first-order valence-corrected chi connectivity index (χ1v) is 8.80. The van der Waals surface area contributed by atoms with Gasteiger partial charge >= 0.3 is 0 Å². The smallest absolute Gasteiger partial charge is 0.0926 e. The molecule has 2 nitrogen and oxygen atoms in total. The zero-order valence-electron chi connectivity index (χ0n) is 9.57. The minimum atomic E-state index is 0.794. The van der Waals surface area contributed by atoms with Gasteiger partial charge in [0.1, 0.15) is 0 Å². The van der Waals surface area contributed by atoms with Crippen molar-refractivity contribution in [2.45, 2.75) is 25.1 Å². The maximum absolute atomic E-state index is 4.56. The molecule has 1 fully saturated rings. The second-order valence-corrected chi connectivity index (χ2v) is 7.29. The van der Waals surface area contributed by atoms with Crippen LogP contribution in [0.15, 0.2) is 5.38 Å². The largest absolute Gasteiger partial charge is 0.310 e. The van der Waals surface area contributed by atoms with Gasteiger partial charge in [-0.1, -0.05) is 6.92 Å². The van der Waals surface area contributed by atoms with E-state index in [1.807, 2.05) is 0 Å². The number of hydrogen-bond acceptors (Lipinski definition) is 5. The third-order valence-electron chi connectivity index (χ3n) is 2.46. The molecular formula is C11H18N2S3. The van der Waals surface area contributed by atoms with Gasteiger partial charge in [-0.15, -0.1) is 11.3 Å². The third kappa shape index (κ3) is 3.95. The summed E-state index contributed by atoms with van der Waals surface area (Å²) in [5.74, 6) is 3.94. The van der Waals surface area contributed by atoms with E-state index in [0.717, 1.165) is 24.8 Å². The van der Waals surface area contributed by atoms with Crippen LogP contribution in [-0.4, -0.2) is 34.0 Å². The number of hydrogen-bond donors (Lipinski definition) is 1. The molecule has 1 aliphatic heterocycles. The van der Waals surface area contributed by atoms with E-state index in [1.54, 1.807) is 11.3 Å². The molecule has 1 saturated heterocycles. The summed E-state index contributed by atoms with van der Waals surface area (Å²) in [5, 5.41) is 7.74. The molecule has 0 radical (unpaired) electrons. The minimum Gasteiger partial charge on any atom is -0.310 e. The van der Waals surface area contributed by atoms with E-state index >= 15 is 0 Å². The van der Waals surface area contributed by atoms with Gasteiger partial charge in [-0.05, 0) is 6.42 Å². The van der Waals surface area contributed by atoms with E-state index in [4.69, 9.17) is 0 Å². The topological polar surface area (TPSA) is 24.9 Å². The van der Waals surface area contributed by atoms with Gasteiger partial charge < -0.3 is 5.32 Å². The first kappa shape index (κ1) is 12.7. The molecule has 0 spiro atoms.